The van der Waals surface area contributed by atoms with E-state index >= 15 is 0 Å². The summed E-state index contributed by atoms with van der Waals surface area (Å²) in [7, 11) is 1.43. The Labute approximate surface area is 134 Å². The van der Waals surface area contributed by atoms with Crippen molar-refractivity contribution in [1.29, 1.82) is 0 Å². The number of aliphatic hydroxyl groups is 1. The number of nitrogens with zero attached hydrogens (tertiary/aromatic N) is 1. The molecule has 1 fully saturated rings. The number of carbonyl (C=O) groups is 1. The highest BCUT2D eigenvalue weighted by molar-refractivity contribution is 9.10. The molecule has 0 aliphatic heterocycles. The van der Waals surface area contributed by atoms with Crippen LogP contribution in [-0.2, 0) is 15.1 Å². The second kappa shape index (κ2) is 6.88. The Bertz CT molecular complexity index is 483. The highest BCUT2D eigenvalue weighted by Gasteiger charge is 2.41. The second-order valence-corrected chi connectivity index (χ2v) is 6.63. The standard InChI is InChI=1S/C16H22BrNO3/c1-3-16(20,14-9-8-13(17)10-18-14)12-6-4-11(5-7-12)15(19)21-2/h8-12,20H,3-7H2,1-2H3/t11-,12+,16?. The van der Waals surface area contributed by atoms with Crippen molar-refractivity contribution in [3.05, 3.63) is 28.5 Å². The Hall–Kier alpha value is -0.940. The van der Waals surface area contributed by atoms with E-state index in [0.29, 0.717) is 6.42 Å². The van der Waals surface area contributed by atoms with Gasteiger partial charge < -0.3 is 9.84 Å². The second-order valence-electron chi connectivity index (χ2n) is 5.71. The number of ether oxygens (including phenoxy) is 1. The summed E-state index contributed by atoms with van der Waals surface area (Å²) >= 11 is 3.37. The number of rotatable bonds is 4. The molecule has 1 unspecified atom stereocenters. The number of carbonyl (C=O) groups excluding carboxylic acids is 1. The fraction of sp³-hybridized carbons (Fsp3) is 0.625. The number of esters is 1. The highest BCUT2D eigenvalue weighted by Crippen LogP contribution is 2.42. The Balaban J connectivity index is 2.11. The van der Waals surface area contributed by atoms with Gasteiger partial charge in [-0.05, 0) is 66.1 Å². The van der Waals surface area contributed by atoms with Crippen LogP contribution in [0.5, 0.6) is 0 Å². The van der Waals surface area contributed by atoms with Crippen LogP contribution in [0.3, 0.4) is 0 Å². The summed E-state index contributed by atoms with van der Waals surface area (Å²) in [5.41, 5.74) is -0.198. The van der Waals surface area contributed by atoms with E-state index in [1.165, 1.54) is 7.11 Å². The van der Waals surface area contributed by atoms with Crippen LogP contribution in [0.15, 0.2) is 22.8 Å². The molecule has 0 amide bonds. The van der Waals surface area contributed by atoms with Gasteiger partial charge in [0.05, 0.1) is 18.7 Å². The highest BCUT2D eigenvalue weighted by atomic mass is 79.9. The molecule has 0 saturated heterocycles. The van der Waals surface area contributed by atoms with Gasteiger partial charge in [0.25, 0.3) is 0 Å². The van der Waals surface area contributed by atoms with Crippen LogP contribution in [0.2, 0.25) is 0 Å². The number of methoxy groups -OCH3 is 1. The van der Waals surface area contributed by atoms with E-state index in [4.69, 9.17) is 4.74 Å². The van der Waals surface area contributed by atoms with Crippen molar-refractivity contribution < 1.29 is 14.6 Å². The number of pyridine rings is 1. The largest absolute Gasteiger partial charge is 0.469 e. The molecule has 1 atom stereocenters. The third kappa shape index (κ3) is 3.46. The van der Waals surface area contributed by atoms with Crippen molar-refractivity contribution in [2.45, 2.75) is 44.6 Å². The summed E-state index contributed by atoms with van der Waals surface area (Å²) in [5.74, 6) is -0.0161. The minimum atomic E-state index is -0.915. The summed E-state index contributed by atoms with van der Waals surface area (Å²) in [5, 5.41) is 11.1. The first-order valence-corrected chi connectivity index (χ1v) is 8.22. The van der Waals surface area contributed by atoms with Crippen LogP contribution in [-0.4, -0.2) is 23.2 Å². The molecule has 2 rings (SSSR count). The molecule has 0 bridgehead atoms. The van der Waals surface area contributed by atoms with Crippen molar-refractivity contribution >= 4 is 21.9 Å². The van der Waals surface area contributed by atoms with E-state index in [9.17, 15) is 9.90 Å². The summed E-state index contributed by atoms with van der Waals surface area (Å²) in [4.78, 5) is 16.0. The average Bonchev–Trinajstić information content (AvgIpc) is 2.54. The lowest BCUT2D eigenvalue weighted by Gasteiger charge is -2.39. The molecule has 0 aromatic carbocycles. The van der Waals surface area contributed by atoms with Crippen molar-refractivity contribution in [3.63, 3.8) is 0 Å². The molecule has 1 aliphatic rings. The van der Waals surface area contributed by atoms with Gasteiger partial charge in [-0.2, -0.15) is 0 Å². The molecule has 1 saturated carbocycles. The van der Waals surface area contributed by atoms with Gasteiger partial charge in [0.15, 0.2) is 0 Å². The molecule has 5 heteroatoms. The lowest BCUT2D eigenvalue weighted by atomic mass is 9.71. The van der Waals surface area contributed by atoms with Gasteiger partial charge in [-0.15, -0.1) is 0 Å². The molecular weight excluding hydrogens is 334 g/mol. The number of halogens is 1. The molecule has 1 aromatic rings. The quantitative estimate of drug-likeness (QED) is 0.840. The smallest absolute Gasteiger partial charge is 0.308 e. The van der Waals surface area contributed by atoms with Gasteiger partial charge in [0.2, 0.25) is 0 Å². The van der Waals surface area contributed by atoms with Gasteiger partial charge in [0, 0.05) is 10.7 Å². The maximum atomic E-state index is 11.6. The van der Waals surface area contributed by atoms with Gasteiger partial charge in [-0.25, -0.2) is 0 Å². The van der Waals surface area contributed by atoms with Crippen molar-refractivity contribution in [2.24, 2.45) is 11.8 Å². The molecule has 1 aliphatic carbocycles. The molecular formula is C16H22BrNO3. The van der Waals surface area contributed by atoms with E-state index in [2.05, 4.69) is 20.9 Å². The fourth-order valence-corrected chi connectivity index (χ4v) is 3.52. The Morgan fingerprint density at radius 1 is 1.43 bits per heavy atom. The zero-order chi connectivity index (χ0) is 15.5. The monoisotopic (exact) mass is 355 g/mol. The van der Waals surface area contributed by atoms with Crippen molar-refractivity contribution in [3.8, 4) is 0 Å². The Morgan fingerprint density at radius 3 is 2.57 bits per heavy atom. The summed E-state index contributed by atoms with van der Waals surface area (Å²) in [6.45, 7) is 1.98. The third-order valence-corrected chi connectivity index (χ3v) is 5.12. The third-order valence-electron chi connectivity index (χ3n) is 4.65. The molecule has 1 heterocycles. The maximum Gasteiger partial charge on any atom is 0.308 e. The molecule has 0 spiro atoms. The molecule has 0 radical (unpaired) electrons. The molecule has 1 aromatic heterocycles. The first kappa shape index (κ1) is 16.4. The lowest BCUT2D eigenvalue weighted by Crippen LogP contribution is -2.38. The normalized spacial score (nSPS) is 25.1. The van der Waals surface area contributed by atoms with Crippen molar-refractivity contribution in [2.75, 3.05) is 7.11 Å². The molecule has 4 nitrogen and oxygen atoms in total. The predicted molar refractivity (Wildman–Crippen MR) is 83.6 cm³/mol. The van der Waals surface area contributed by atoms with Crippen LogP contribution < -0.4 is 0 Å². The topological polar surface area (TPSA) is 59.4 Å². The van der Waals surface area contributed by atoms with Crippen LogP contribution in [0.4, 0.5) is 0 Å². The summed E-state index contributed by atoms with van der Waals surface area (Å²) in [6.07, 6.45) is 5.53. The zero-order valence-electron chi connectivity index (χ0n) is 12.5. The number of hydrogen-bond acceptors (Lipinski definition) is 4. The molecule has 21 heavy (non-hydrogen) atoms. The maximum absolute atomic E-state index is 11.6. The number of hydrogen-bond donors (Lipinski definition) is 1. The zero-order valence-corrected chi connectivity index (χ0v) is 14.1. The van der Waals surface area contributed by atoms with E-state index in [-0.39, 0.29) is 17.8 Å². The number of aromatic nitrogens is 1. The summed E-state index contributed by atoms with van der Waals surface area (Å²) in [6, 6.07) is 3.78. The fourth-order valence-electron chi connectivity index (χ4n) is 3.28. The van der Waals surface area contributed by atoms with Gasteiger partial charge in [-0.3, -0.25) is 9.78 Å². The van der Waals surface area contributed by atoms with Gasteiger partial charge >= 0.3 is 5.97 Å². The van der Waals surface area contributed by atoms with E-state index < -0.39 is 5.60 Å². The van der Waals surface area contributed by atoms with E-state index in [1.54, 1.807) is 6.20 Å². The first-order chi connectivity index (χ1) is 10.0. The SMILES string of the molecule is CCC(O)(c1ccc(Br)cn1)[C@H]1CC[C@@H](C(=O)OC)CC1. The Kier molecular flexibility index (Phi) is 5.38. The summed E-state index contributed by atoms with van der Waals surface area (Å²) < 4.78 is 5.72. The van der Waals surface area contributed by atoms with E-state index in [1.807, 2.05) is 19.1 Å². The predicted octanol–water partition coefficient (Wildman–Crippen LogP) is 3.42. The van der Waals surface area contributed by atoms with Crippen molar-refractivity contribution in [1.82, 2.24) is 4.98 Å². The molecule has 1 N–H and O–H groups in total. The van der Waals surface area contributed by atoms with Crippen LogP contribution in [0.1, 0.15) is 44.7 Å². The van der Waals surface area contributed by atoms with Gasteiger partial charge in [0.1, 0.15) is 5.60 Å². The van der Waals surface area contributed by atoms with Crippen LogP contribution >= 0.6 is 15.9 Å². The van der Waals surface area contributed by atoms with Gasteiger partial charge in [-0.1, -0.05) is 6.92 Å². The Morgan fingerprint density at radius 2 is 2.10 bits per heavy atom. The minimum Gasteiger partial charge on any atom is -0.469 e. The lowest BCUT2D eigenvalue weighted by molar-refractivity contribution is -0.148. The molecule has 116 valence electrons. The van der Waals surface area contributed by atoms with Crippen LogP contribution in [0.25, 0.3) is 0 Å². The van der Waals surface area contributed by atoms with E-state index in [0.717, 1.165) is 35.8 Å². The average molecular weight is 356 g/mol. The van der Waals surface area contributed by atoms with Crippen LogP contribution in [0, 0.1) is 11.8 Å². The first-order valence-electron chi connectivity index (χ1n) is 7.43. The minimum absolute atomic E-state index is 0.0229.